The van der Waals surface area contributed by atoms with Gasteiger partial charge in [-0.3, -0.25) is 4.68 Å². The first kappa shape index (κ1) is 13.8. The predicted molar refractivity (Wildman–Crippen MR) is 66.2 cm³/mol. The first-order valence-electron chi connectivity index (χ1n) is 5.58. The van der Waals surface area contributed by atoms with E-state index in [1.165, 1.54) is 18.5 Å². The Bertz CT molecular complexity index is 640. The molecule has 0 radical (unpaired) electrons. The van der Waals surface area contributed by atoms with Crippen molar-refractivity contribution in [1.82, 2.24) is 19.7 Å². The second-order valence-corrected chi connectivity index (χ2v) is 3.85. The molecule has 20 heavy (non-hydrogen) atoms. The van der Waals surface area contributed by atoms with Crippen molar-refractivity contribution in [3.05, 3.63) is 41.7 Å². The van der Waals surface area contributed by atoms with E-state index in [-0.39, 0.29) is 5.69 Å². The van der Waals surface area contributed by atoms with Crippen molar-refractivity contribution in [1.29, 1.82) is 0 Å². The molecular weight excluding hydrogens is 270 g/mol. The van der Waals surface area contributed by atoms with Crippen LogP contribution in [0.1, 0.15) is 21.7 Å². The Morgan fingerprint density at radius 1 is 1.40 bits per heavy atom. The molecule has 0 amide bonds. The Morgan fingerprint density at radius 3 is 2.90 bits per heavy atom. The van der Waals surface area contributed by atoms with Crippen molar-refractivity contribution in [3.8, 4) is 0 Å². The molecule has 0 atom stereocenters. The first-order valence-corrected chi connectivity index (χ1v) is 5.58. The maximum absolute atomic E-state index is 12.1. The molecule has 0 aliphatic heterocycles. The Kier molecular flexibility index (Phi) is 4.14. The minimum absolute atomic E-state index is 0.118. The summed E-state index contributed by atoms with van der Waals surface area (Å²) in [5, 5.41) is 12.6. The van der Waals surface area contributed by atoms with Crippen LogP contribution in [0.5, 0.6) is 0 Å². The highest BCUT2D eigenvalue weighted by Gasteiger charge is 2.05. The average Bonchev–Trinajstić information content (AvgIpc) is 2.83. The Hall–Kier alpha value is -2.64. The summed E-state index contributed by atoms with van der Waals surface area (Å²) >= 11 is 0. The van der Waals surface area contributed by atoms with Crippen molar-refractivity contribution in [3.63, 3.8) is 0 Å². The predicted octanol–water partition coefficient (Wildman–Crippen LogP) is 1.81. The third-order valence-corrected chi connectivity index (χ3v) is 2.33. The van der Waals surface area contributed by atoms with Crippen molar-refractivity contribution < 1.29 is 18.7 Å². The second-order valence-electron chi connectivity index (χ2n) is 3.85. The molecule has 0 bridgehead atoms. The molecule has 8 heteroatoms. The zero-order chi connectivity index (χ0) is 14.5. The number of nitrogens with zero attached hydrogens (tertiary/aromatic N) is 4. The molecule has 0 aromatic carbocycles. The number of hydrogen-bond acceptors (Lipinski definition) is 4. The zero-order valence-electron chi connectivity index (χ0n) is 10.1. The maximum Gasteiger partial charge on any atom is 0.354 e. The van der Waals surface area contributed by atoms with Crippen LogP contribution in [0.25, 0.3) is 12.2 Å². The molecule has 0 unspecified atom stereocenters. The molecule has 104 valence electrons. The first-order chi connectivity index (χ1) is 9.54. The van der Waals surface area contributed by atoms with Crippen LogP contribution in [0.3, 0.4) is 0 Å². The molecule has 2 aromatic heterocycles. The normalized spacial score (nSPS) is 11.3. The number of rotatable bonds is 5. The lowest BCUT2D eigenvalue weighted by molar-refractivity contribution is 0.0690. The summed E-state index contributed by atoms with van der Waals surface area (Å²) in [4.78, 5) is 18.2. The lowest BCUT2D eigenvalue weighted by Crippen LogP contribution is -2.06. The van der Waals surface area contributed by atoms with Crippen LogP contribution in [-0.2, 0) is 6.54 Å². The molecule has 2 rings (SSSR count). The van der Waals surface area contributed by atoms with E-state index in [1.54, 1.807) is 12.2 Å². The highest BCUT2D eigenvalue weighted by molar-refractivity contribution is 5.86. The molecule has 2 aromatic rings. The molecule has 0 fully saturated rings. The lowest BCUT2D eigenvalue weighted by Gasteiger charge is -1.97. The summed E-state index contributed by atoms with van der Waals surface area (Å²) in [5.41, 5.74) is 0.896. The minimum atomic E-state index is -2.47. The van der Waals surface area contributed by atoms with Crippen molar-refractivity contribution in [2.45, 2.75) is 13.0 Å². The van der Waals surface area contributed by atoms with E-state index >= 15 is 0 Å². The Labute approximate surface area is 112 Å². The van der Waals surface area contributed by atoms with Gasteiger partial charge in [-0.2, -0.15) is 5.10 Å². The van der Waals surface area contributed by atoms with Gasteiger partial charge in [0.1, 0.15) is 12.9 Å². The van der Waals surface area contributed by atoms with Gasteiger partial charge in [-0.1, -0.05) is 0 Å². The summed E-state index contributed by atoms with van der Waals surface area (Å²) < 4.78 is 25.4. The summed E-state index contributed by atoms with van der Waals surface area (Å²) in [6, 6.07) is 1.31. The quantitative estimate of drug-likeness (QED) is 0.903. The van der Waals surface area contributed by atoms with E-state index in [4.69, 9.17) is 5.11 Å². The van der Waals surface area contributed by atoms with Gasteiger partial charge in [-0.25, -0.2) is 23.5 Å². The van der Waals surface area contributed by atoms with Gasteiger partial charge < -0.3 is 5.11 Å². The van der Waals surface area contributed by atoms with Gasteiger partial charge in [-0.15, -0.1) is 0 Å². The van der Waals surface area contributed by atoms with Crippen LogP contribution in [-0.4, -0.2) is 37.2 Å². The molecule has 6 nitrogen and oxygen atoms in total. The largest absolute Gasteiger partial charge is 0.477 e. The van der Waals surface area contributed by atoms with Crippen LogP contribution in [0.2, 0.25) is 0 Å². The molecule has 2 heterocycles. The van der Waals surface area contributed by atoms with E-state index in [2.05, 4.69) is 15.1 Å². The number of aromatic carboxylic acids is 1. The highest BCUT2D eigenvalue weighted by Crippen LogP contribution is 2.07. The third-order valence-electron chi connectivity index (χ3n) is 2.33. The van der Waals surface area contributed by atoms with E-state index in [0.29, 0.717) is 11.3 Å². The molecule has 0 saturated heterocycles. The fourth-order valence-corrected chi connectivity index (χ4v) is 1.47. The van der Waals surface area contributed by atoms with E-state index in [9.17, 15) is 13.6 Å². The number of alkyl halides is 2. The Balaban J connectivity index is 2.11. The number of carbonyl (C=O) groups is 1. The topological polar surface area (TPSA) is 80.9 Å². The van der Waals surface area contributed by atoms with E-state index in [1.807, 2.05) is 0 Å². The number of hydrogen-bond donors (Lipinski definition) is 1. The standard InChI is InChI=1S/C12H10F2N4O2/c13-11(14)6-18-5-8(4-17-18)1-2-9-3-10(12(19)20)16-7-15-9/h1-5,7,11H,6H2,(H,19,20)/b2-1+. The van der Waals surface area contributed by atoms with Gasteiger partial charge in [-0.05, 0) is 18.2 Å². The van der Waals surface area contributed by atoms with E-state index in [0.717, 1.165) is 11.0 Å². The number of halogens is 2. The lowest BCUT2D eigenvalue weighted by atomic mass is 10.2. The summed E-state index contributed by atoms with van der Waals surface area (Å²) in [6.45, 7) is -0.468. The minimum Gasteiger partial charge on any atom is -0.477 e. The van der Waals surface area contributed by atoms with Crippen molar-refractivity contribution in [2.75, 3.05) is 0 Å². The number of carboxylic acid groups (broad SMARTS) is 1. The van der Waals surface area contributed by atoms with E-state index < -0.39 is 18.9 Å². The molecular formula is C12H10F2N4O2. The van der Waals surface area contributed by atoms with Crippen LogP contribution in [0.4, 0.5) is 8.78 Å². The molecule has 0 aliphatic carbocycles. The second kappa shape index (κ2) is 6.00. The molecule has 0 aliphatic rings. The fourth-order valence-electron chi connectivity index (χ4n) is 1.47. The van der Waals surface area contributed by atoms with Crippen LogP contribution < -0.4 is 0 Å². The van der Waals surface area contributed by atoms with Crippen LogP contribution in [0.15, 0.2) is 24.8 Å². The summed E-state index contributed by atoms with van der Waals surface area (Å²) in [5.74, 6) is -1.15. The van der Waals surface area contributed by atoms with Gasteiger partial charge in [0.15, 0.2) is 5.69 Å². The molecule has 1 N–H and O–H groups in total. The maximum atomic E-state index is 12.1. The average molecular weight is 280 g/mol. The Morgan fingerprint density at radius 2 is 2.20 bits per heavy atom. The van der Waals surface area contributed by atoms with Crippen molar-refractivity contribution >= 4 is 18.1 Å². The van der Waals surface area contributed by atoms with Gasteiger partial charge in [0.05, 0.1) is 11.9 Å². The van der Waals surface area contributed by atoms with Crippen LogP contribution >= 0.6 is 0 Å². The highest BCUT2D eigenvalue weighted by atomic mass is 19.3. The zero-order valence-corrected chi connectivity index (χ0v) is 10.1. The van der Waals surface area contributed by atoms with Gasteiger partial charge in [0, 0.05) is 11.8 Å². The van der Waals surface area contributed by atoms with Crippen LogP contribution in [0, 0.1) is 0 Å². The summed E-state index contributed by atoms with van der Waals surface area (Å²) in [6.07, 6.45) is 4.72. The monoisotopic (exact) mass is 280 g/mol. The molecule has 0 spiro atoms. The number of carboxylic acids is 1. The fraction of sp³-hybridized carbons (Fsp3) is 0.167. The smallest absolute Gasteiger partial charge is 0.354 e. The van der Waals surface area contributed by atoms with Gasteiger partial charge in [0.2, 0.25) is 0 Å². The molecule has 0 saturated carbocycles. The SMILES string of the molecule is O=C(O)c1cc(/C=C/c2cnn(CC(F)F)c2)ncn1. The van der Waals surface area contributed by atoms with Gasteiger partial charge >= 0.3 is 5.97 Å². The third kappa shape index (κ3) is 3.67. The van der Waals surface area contributed by atoms with Crippen molar-refractivity contribution in [2.24, 2.45) is 0 Å². The summed E-state index contributed by atoms with van der Waals surface area (Å²) in [7, 11) is 0. The van der Waals surface area contributed by atoms with Gasteiger partial charge in [0.25, 0.3) is 6.43 Å². The number of aromatic nitrogens is 4.